The second-order valence-corrected chi connectivity index (χ2v) is 9.65. The topological polar surface area (TPSA) is 26.3 Å². The molecule has 0 bridgehead atoms. The van der Waals surface area contributed by atoms with Crippen LogP contribution in [0.1, 0.15) is 52.7 Å². The fraction of sp³-hybridized carbons (Fsp3) is 0.400. The van der Waals surface area contributed by atoms with Gasteiger partial charge >= 0.3 is 0 Å². The van der Waals surface area contributed by atoms with E-state index in [-0.39, 0.29) is 10.8 Å². The molecule has 3 heteroatoms. The molecule has 2 nitrogen and oxygen atoms in total. The van der Waals surface area contributed by atoms with E-state index in [1.54, 1.807) is 0 Å². The van der Waals surface area contributed by atoms with Crippen LogP contribution in [0.5, 0.6) is 5.75 Å². The van der Waals surface area contributed by atoms with Crippen LogP contribution in [0.25, 0.3) is 11.1 Å². The van der Waals surface area contributed by atoms with Crippen molar-refractivity contribution in [3.63, 3.8) is 0 Å². The lowest BCUT2D eigenvalue weighted by Gasteiger charge is -2.29. The van der Waals surface area contributed by atoms with E-state index >= 15 is 0 Å². The van der Waals surface area contributed by atoms with Crippen LogP contribution >= 0.6 is 8.03 Å². The quantitative estimate of drug-likeness (QED) is 0.602. The van der Waals surface area contributed by atoms with Gasteiger partial charge in [-0.3, -0.25) is 4.57 Å². The Hall–Kier alpha value is -1.53. The molecular weight excluding hydrogens is 303 g/mol. The summed E-state index contributed by atoms with van der Waals surface area (Å²) < 4.78 is 18.7. The average Bonchev–Trinajstić information content (AvgIpc) is 2.44. The molecule has 0 radical (unpaired) electrons. The van der Waals surface area contributed by atoms with Crippen molar-refractivity contribution in [2.75, 3.05) is 0 Å². The molecule has 0 aromatic heterocycles. The normalized spacial score (nSPS) is 17.2. The van der Waals surface area contributed by atoms with Crippen LogP contribution in [-0.4, -0.2) is 0 Å². The number of para-hydroxylation sites is 1. The molecular formula is C20H25O2P. The molecule has 0 spiro atoms. The Bertz CT molecular complexity index is 792. The summed E-state index contributed by atoms with van der Waals surface area (Å²) >= 11 is 0. The van der Waals surface area contributed by atoms with Crippen molar-refractivity contribution in [3.05, 3.63) is 47.5 Å². The van der Waals surface area contributed by atoms with E-state index in [1.807, 2.05) is 0 Å². The standard InChI is InChI=1S/C20H25O2P/c1-19(2,3)13-10-11-14-15-8-7-9-16(20(4,5)6)18(15)22-23(21)17(14)12-13/h7-12,23H,1-6H3. The largest absolute Gasteiger partial charge is 0.441 e. The van der Waals surface area contributed by atoms with Crippen LogP contribution in [0, 0.1) is 0 Å². The van der Waals surface area contributed by atoms with E-state index in [9.17, 15) is 4.57 Å². The van der Waals surface area contributed by atoms with E-state index in [4.69, 9.17) is 4.52 Å². The zero-order valence-corrected chi connectivity index (χ0v) is 15.8. The molecule has 122 valence electrons. The molecule has 0 amide bonds. The highest BCUT2D eigenvalue weighted by Crippen LogP contribution is 2.48. The van der Waals surface area contributed by atoms with Gasteiger partial charge in [-0.25, -0.2) is 0 Å². The molecule has 1 heterocycles. The van der Waals surface area contributed by atoms with Crippen molar-refractivity contribution in [1.29, 1.82) is 0 Å². The maximum absolute atomic E-state index is 12.8. The van der Waals surface area contributed by atoms with Gasteiger partial charge in [-0.1, -0.05) is 71.9 Å². The molecule has 0 saturated carbocycles. The highest BCUT2D eigenvalue weighted by atomic mass is 31.1. The Labute approximate surface area is 139 Å². The molecule has 3 rings (SSSR count). The maximum Gasteiger partial charge on any atom is 0.266 e. The summed E-state index contributed by atoms with van der Waals surface area (Å²) in [6.07, 6.45) is 0. The first-order valence-electron chi connectivity index (χ1n) is 8.09. The van der Waals surface area contributed by atoms with Crippen molar-refractivity contribution in [1.82, 2.24) is 0 Å². The van der Waals surface area contributed by atoms with Gasteiger partial charge in [0.2, 0.25) is 0 Å². The lowest BCUT2D eigenvalue weighted by molar-refractivity contribution is 0.493. The smallest absolute Gasteiger partial charge is 0.266 e. The van der Waals surface area contributed by atoms with Gasteiger partial charge in [-0.05, 0) is 28.0 Å². The average molecular weight is 328 g/mol. The summed E-state index contributed by atoms with van der Waals surface area (Å²) in [5, 5.41) is 0.848. The summed E-state index contributed by atoms with van der Waals surface area (Å²) in [5.41, 5.74) is 4.39. The first kappa shape index (κ1) is 16.3. The van der Waals surface area contributed by atoms with E-state index in [2.05, 4.69) is 77.9 Å². The van der Waals surface area contributed by atoms with Gasteiger partial charge in [0.05, 0.1) is 5.30 Å². The Kier molecular flexibility index (Phi) is 3.72. The fourth-order valence-corrected chi connectivity index (χ4v) is 4.24. The monoisotopic (exact) mass is 328 g/mol. The number of hydrogen-bond acceptors (Lipinski definition) is 2. The highest BCUT2D eigenvalue weighted by Gasteiger charge is 2.29. The first-order chi connectivity index (χ1) is 10.6. The van der Waals surface area contributed by atoms with Gasteiger partial charge in [0.15, 0.2) is 0 Å². The summed E-state index contributed by atoms with van der Waals surface area (Å²) in [6.45, 7) is 13.0. The molecule has 0 aliphatic carbocycles. The lowest BCUT2D eigenvalue weighted by atomic mass is 9.83. The summed E-state index contributed by atoms with van der Waals surface area (Å²) in [6, 6.07) is 12.5. The third-order valence-corrected chi connectivity index (χ3v) is 5.66. The molecule has 0 fully saturated rings. The van der Waals surface area contributed by atoms with E-state index in [0.29, 0.717) is 0 Å². The van der Waals surface area contributed by atoms with Crippen LogP contribution in [0.4, 0.5) is 0 Å². The van der Waals surface area contributed by atoms with Gasteiger partial charge in [0, 0.05) is 11.1 Å². The van der Waals surface area contributed by atoms with Crippen LogP contribution in [0.3, 0.4) is 0 Å². The number of hydrogen-bond donors (Lipinski definition) is 0. The SMILES string of the molecule is CC(C)(C)c1ccc2c(c1)[PH](=O)Oc1c-2cccc1C(C)(C)C. The van der Waals surface area contributed by atoms with Crippen molar-refractivity contribution in [2.45, 2.75) is 52.4 Å². The zero-order valence-electron chi connectivity index (χ0n) is 14.8. The summed E-state index contributed by atoms with van der Waals surface area (Å²) in [5.74, 6) is 0.792. The van der Waals surface area contributed by atoms with Crippen LogP contribution in [0.2, 0.25) is 0 Å². The summed E-state index contributed by atoms with van der Waals surface area (Å²) in [7, 11) is -2.27. The lowest BCUT2D eigenvalue weighted by Crippen LogP contribution is -2.19. The molecule has 0 saturated heterocycles. The molecule has 1 aliphatic heterocycles. The Balaban J connectivity index is 2.24. The molecule has 1 aliphatic rings. The number of benzene rings is 2. The van der Waals surface area contributed by atoms with Gasteiger partial charge in [0.25, 0.3) is 8.03 Å². The highest BCUT2D eigenvalue weighted by molar-refractivity contribution is 7.49. The number of fused-ring (bicyclic) bond motifs is 3. The van der Waals surface area contributed by atoms with Crippen molar-refractivity contribution in [2.24, 2.45) is 0 Å². The van der Waals surface area contributed by atoms with Crippen LogP contribution in [0.15, 0.2) is 36.4 Å². The minimum Gasteiger partial charge on any atom is -0.441 e. The second-order valence-electron chi connectivity index (χ2n) is 8.33. The fourth-order valence-electron chi connectivity index (χ4n) is 3.01. The van der Waals surface area contributed by atoms with Crippen molar-refractivity contribution in [3.8, 4) is 16.9 Å². The van der Waals surface area contributed by atoms with E-state index in [0.717, 1.165) is 27.7 Å². The van der Waals surface area contributed by atoms with E-state index < -0.39 is 8.03 Å². The van der Waals surface area contributed by atoms with Gasteiger partial charge < -0.3 is 4.52 Å². The molecule has 23 heavy (non-hydrogen) atoms. The minimum absolute atomic E-state index is 0.0325. The second kappa shape index (κ2) is 5.24. The third kappa shape index (κ3) is 2.85. The van der Waals surface area contributed by atoms with Crippen molar-refractivity contribution < 1.29 is 9.09 Å². The molecule has 1 atom stereocenters. The van der Waals surface area contributed by atoms with Crippen molar-refractivity contribution >= 4 is 13.3 Å². The van der Waals surface area contributed by atoms with Crippen LogP contribution < -0.4 is 9.83 Å². The van der Waals surface area contributed by atoms with Gasteiger partial charge in [-0.15, -0.1) is 0 Å². The predicted octanol–water partition coefficient (Wildman–Crippen LogP) is 5.44. The zero-order chi connectivity index (χ0) is 17.0. The molecule has 2 aromatic carbocycles. The Morgan fingerprint density at radius 3 is 2.17 bits per heavy atom. The maximum atomic E-state index is 12.8. The van der Waals surface area contributed by atoms with E-state index in [1.165, 1.54) is 5.56 Å². The number of rotatable bonds is 0. The minimum atomic E-state index is -2.27. The van der Waals surface area contributed by atoms with Gasteiger partial charge in [-0.2, -0.15) is 0 Å². The third-order valence-electron chi connectivity index (χ3n) is 4.41. The van der Waals surface area contributed by atoms with Gasteiger partial charge in [0.1, 0.15) is 5.75 Å². The first-order valence-corrected chi connectivity index (χ1v) is 9.41. The molecule has 1 unspecified atom stereocenters. The molecule has 0 N–H and O–H groups in total. The van der Waals surface area contributed by atoms with Crippen LogP contribution in [-0.2, 0) is 15.4 Å². The Morgan fingerprint density at radius 1 is 0.870 bits per heavy atom. The molecule has 2 aromatic rings. The Morgan fingerprint density at radius 2 is 1.57 bits per heavy atom. The predicted molar refractivity (Wildman–Crippen MR) is 98.5 cm³/mol. The summed E-state index contributed by atoms with van der Waals surface area (Å²) in [4.78, 5) is 0.